The molecule has 0 saturated carbocycles. The van der Waals surface area contributed by atoms with Gasteiger partial charge in [0.2, 0.25) is 15.9 Å². The highest BCUT2D eigenvalue weighted by atomic mass is 79.9. The van der Waals surface area contributed by atoms with Crippen molar-refractivity contribution in [2.45, 2.75) is 13.3 Å². The number of halogens is 2. The van der Waals surface area contributed by atoms with Gasteiger partial charge in [0, 0.05) is 4.47 Å². The highest BCUT2D eigenvalue weighted by Crippen LogP contribution is 2.19. The summed E-state index contributed by atoms with van der Waals surface area (Å²) in [5.41, 5.74) is 1.99. The summed E-state index contributed by atoms with van der Waals surface area (Å²) >= 11 is 3.12. The van der Waals surface area contributed by atoms with Crippen LogP contribution in [0.15, 0.2) is 46.9 Å². The number of rotatable bonds is 7. The molecule has 134 valence electrons. The molecule has 0 aliphatic carbocycles. The largest absolute Gasteiger partial charge is 0.322 e. The lowest BCUT2D eigenvalue weighted by molar-refractivity contribution is -0.115. The summed E-state index contributed by atoms with van der Waals surface area (Å²) in [6.45, 7) is 1.50. The van der Waals surface area contributed by atoms with Crippen LogP contribution >= 0.6 is 15.9 Å². The van der Waals surface area contributed by atoms with Gasteiger partial charge in [-0.15, -0.1) is 0 Å². The van der Waals surface area contributed by atoms with Gasteiger partial charge in [0.1, 0.15) is 5.82 Å². The quantitative estimate of drug-likeness (QED) is 0.711. The molecule has 5 nitrogen and oxygen atoms in total. The molecular weight excluding hydrogens is 411 g/mol. The first-order chi connectivity index (χ1) is 11.7. The third-order valence-corrected chi connectivity index (χ3v) is 5.26. The van der Waals surface area contributed by atoms with Gasteiger partial charge in [0.25, 0.3) is 0 Å². The van der Waals surface area contributed by atoms with Crippen molar-refractivity contribution in [2.75, 3.05) is 17.6 Å². The molecule has 0 aromatic heterocycles. The number of hydrogen-bond acceptors (Lipinski definition) is 3. The predicted octanol–water partition coefficient (Wildman–Crippen LogP) is 3.00. The van der Waals surface area contributed by atoms with Crippen molar-refractivity contribution in [1.82, 2.24) is 4.72 Å². The molecule has 2 N–H and O–H groups in total. The fraction of sp³-hybridized carbons (Fsp3) is 0.235. The maximum absolute atomic E-state index is 13.6. The van der Waals surface area contributed by atoms with Crippen molar-refractivity contribution in [3.05, 3.63) is 63.9 Å². The van der Waals surface area contributed by atoms with Crippen LogP contribution in [0.1, 0.15) is 11.1 Å². The van der Waals surface area contributed by atoms with E-state index in [1.54, 1.807) is 6.07 Å². The van der Waals surface area contributed by atoms with Gasteiger partial charge >= 0.3 is 0 Å². The monoisotopic (exact) mass is 428 g/mol. The van der Waals surface area contributed by atoms with E-state index in [-0.39, 0.29) is 11.4 Å². The molecule has 25 heavy (non-hydrogen) atoms. The van der Waals surface area contributed by atoms with Crippen LogP contribution in [-0.2, 0) is 21.2 Å². The third kappa shape index (κ3) is 6.56. The van der Waals surface area contributed by atoms with Crippen LogP contribution in [0.3, 0.4) is 0 Å². The molecule has 0 aliphatic rings. The smallest absolute Gasteiger partial charge is 0.239 e. The molecule has 0 saturated heterocycles. The van der Waals surface area contributed by atoms with Crippen molar-refractivity contribution >= 4 is 37.5 Å². The number of carbonyl (C=O) groups excluding carboxylic acids is 1. The molecule has 2 rings (SSSR count). The van der Waals surface area contributed by atoms with Gasteiger partial charge in [-0.25, -0.2) is 17.5 Å². The highest BCUT2D eigenvalue weighted by molar-refractivity contribution is 9.10. The lowest BCUT2D eigenvalue weighted by Crippen LogP contribution is -2.35. The Hall–Kier alpha value is -1.77. The molecule has 0 heterocycles. The molecule has 0 radical (unpaired) electrons. The molecule has 2 aromatic rings. The maximum atomic E-state index is 13.6. The first kappa shape index (κ1) is 19.6. The van der Waals surface area contributed by atoms with Crippen LogP contribution in [0.25, 0.3) is 0 Å². The van der Waals surface area contributed by atoms with Gasteiger partial charge in [-0.05, 0) is 37.1 Å². The molecule has 1 amide bonds. The summed E-state index contributed by atoms with van der Waals surface area (Å²) in [6, 6.07) is 11.7. The standard InChI is InChI=1S/C17H18BrFN2O3S/c1-12-2-4-13(5-3-12)8-9-25(23,24)20-11-17(22)21-16-7-6-14(18)10-15(16)19/h2-7,10,20H,8-9,11H2,1H3,(H,21,22). The van der Waals surface area contributed by atoms with Crippen LogP contribution in [0.5, 0.6) is 0 Å². The number of sulfonamides is 1. The summed E-state index contributed by atoms with van der Waals surface area (Å²) in [5.74, 6) is -1.37. The Morgan fingerprint density at radius 3 is 2.48 bits per heavy atom. The van der Waals surface area contributed by atoms with Crippen molar-refractivity contribution in [3.63, 3.8) is 0 Å². The topological polar surface area (TPSA) is 75.3 Å². The Kier molecular flexibility index (Phi) is 6.69. The first-order valence-electron chi connectivity index (χ1n) is 7.53. The molecule has 0 fully saturated rings. The highest BCUT2D eigenvalue weighted by Gasteiger charge is 2.14. The van der Waals surface area contributed by atoms with Crippen LogP contribution in [-0.4, -0.2) is 26.6 Å². The molecule has 0 aliphatic heterocycles. The second kappa shape index (κ2) is 8.55. The number of hydrogen-bond donors (Lipinski definition) is 2. The van der Waals surface area contributed by atoms with Gasteiger partial charge in [-0.1, -0.05) is 45.8 Å². The van der Waals surface area contributed by atoms with E-state index in [0.717, 1.165) is 11.1 Å². The van der Waals surface area contributed by atoms with Crippen molar-refractivity contribution in [3.8, 4) is 0 Å². The van der Waals surface area contributed by atoms with Gasteiger partial charge < -0.3 is 5.32 Å². The van der Waals surface area contributed by atoms with Gasteiger partial charge in [-0.3, -0.25) is 4.79 Å². The van der Waals surface area contributed by atoms with E-state index < -0.39 is 28.3 Å². The Morgan fingerprint density at radius 1 is 1.16 bits per heavy atom. The Labute approximate surface area is 154 Å². The SMILES string of the molecule is Cc1ccc(CCS(=O)(=O)NCC(=O)Nc2ccc(Br)cc2F)cc1. The third-order valence-electron chi connectivity index (χ3n) is 3.44. The van der Waals surface area contributed by atoms with E-state index in [9.17, 15) is 17.6 Å². The average molecular weight is 429 g/mol. The van der Waals surface area contributed by atoms with E-state index >= 15 is 0 Å². The summed E-state index contributed by atoms with van der Waals surface area (Å²) in [6.07, 6.45) is 0.346. The fourth-order valence-corrected chi connectivity index (χ4v) is 3.37. The van der Waals surface area contributed by atoms with E-state index in [1.807, 2.05) is 31.2 Å². The summed E-state index contributed by atoms with van der Waals surface area (Å²) in [5, 5.41) is 2.33. The van der Waals surface area contributed by atoms with Crippen LogP contribution in [0.4, 0.5) is 10.1 Å². The number of benzene rings is 2. The number of anilines is 1. The predicted molar refractivity (Wildman–Crippen MR) is 99.4 cm³/mol. The molecule has 0 unspecified atom stereocenters. The zero-order chi connectivity index (χ0) is 18.4. The molecular formula is C17H18BrFN2O3S. The molecule has 8 heteroatoms. The fourth-order valence-electron chi connectivity index (χ4n) is 2.04. The van der Waals surface area contributed by atoms with E-state index in [4.69, 9.17) is 0 Å². The Bertz CT molecular complexity index is 855. The lowest BCUT2D eigenvalue weighted by Gasteiger charge is -2.09. The second-order valence-corrected chi connectivity index (χ2v) is 8.39. The van der Waals surface area contributed by atoms with Gasteiger partial charge in [-0.2, -0.15) is 0 Å². The number of nitrogens with one attached hydrogen (secondary N) is 2. The summed E-state index contributed by atoms with van der Waals surface area (Å²) in [7, 11) is -3.61. The molecule has 0 atom stereocenters. The minimum absolute atomic E-state index is 0.00736. The Balaban J connectivity index is 1.84. The van der Waals surface area contributed by atoms with Crippen LogP contribution in [0, 0.1) is 12.7 Å². The molecule has 2 aromatic carbocycles. The molecule has 0 spiro atoms. The number of carbonyl (C=O) groups is 1. The number of aryl methyl sites for hydroxylation is 2. The maximum Gasteiger partial charge on any atom is 0.239 e. The van der Waals surface area contributed by atoms with Gasteiger partial charge in [0.15, 0.2) is 0 Å². The molecule has 0 bridgehead atoms. The van der Waals surface area contributed by atoms with Crippen LogP contribution in [0.2, 0.25) is 0 Å². The van der Waals surface area contributed by atoms with E-state index in [2.05, 4.69) is 26.0 Å². The van der Waals surface area contributed by atoms with Crippen molar-refractivity contribution in [2.24, 2.45) is 0 Å². The zero-order valence-corrected chi connectivity index (χ0v) is 16.0. The first-order valence-corrected chi connectivity index (χ1v) is 9.97. The van der Waals surface area contributed by atoms with E-state index in [1.165, 1.54) is 12.1 Å². The van der Waals surface area contributed by atoms with Crippen molar-refractivity contribution in [1.29, 1.82) is 0 Å². The second-order valence-electron chi connectivity index (χ2n) is 5.55. The zero-order valence-electron chi connectivity index (χ0n) is 13.6. The van der Waals surface area contributed by atoms with Crippen LogP contribution < -0.4 is 10.0 Å². The Morgan fingerprint density at radius 2 is 1.84 bits per heavy atom. The number of amides is 1. The van der Waals surface area contributed by atoms with Gasteiger partial charge in [0.05, 0.1) is 18.0 Å². The lowest BCUT2D eigenvalue weighted by atomic mass is 10.1. The summed E-state index contributed by atoms with van der Waals surface area (Å²) in [4.78, 5) is 11.8. The minimum Gasteiger partial charge on any atom is -0.322 e. The van der Waals surface area contributed by atoms with Crippen molar-refractivity contribution < 1.29 is 17.6 Å². The summed E-state index contributed by atoms with van der Waals surface area (Å²) < 4.78 is 40.3. The minimum atomic E-state index is -3.61. The normalized spacial score (nSPS) is 11.3. The average Bonchev–Trinajstić information content (AvgIpc) is 2.55. The van der Waals surface area contributed by atoms with E-state index in [0.29, 0.717) is 10.9 Å².